The molecule has 2 aliphatic carbocycles. The van der Waals surface area contributed by atoms with E-state index in [1.165, 1.54) is 23.1 Å². The monoisotopic (exact) mass is 704 g/mol. The lowest BCUT2D eigenvalue weighted by atomic mass is 9.93. The topological polar surface area (TPSA) is 120 Å². The van der Waals surface area contributed by atoms with Crippen molar-refractivity contribution in [2.24, 2.45) is 0 Å². The Morgan fingerprint density at radius 1 is 0.712 bits per heavy atom. The second kappa shape index (κ2) is 15.6. The smallest absolute Gasteiger partial charge is 0.280 e. The van der Waals surface area contributed by atoms with Crippen molar-refractivity contribution in [3.05, 3.63) is 92.3 Å². The van der Waals surface area contributed by atoms with Crippen LogP contribution in [0.4, 0.5) is 11.4 Å². The summed E-state index contributed by atoms with van der Waals surface area (Å²) in [5.41, 5.74) is 18.5. The highest BCUT2D eigenvalue weighted by Crippen LogP contribution is 2.42. The number of nitrogens with zero attached hydrogens (tertiary/aromatic N) is 5. The van der Waals surface area contributed by atoms with Gasteiger partial charge in [0.2, 0.25) is 11.8 Å². The number of fused-ring (bicyclic) bond motifs is 2. The zero-order valence-electron chi connectivity index (χ0n) is 31.1. The van der Waals surface area contributed by atoms with Crippen LogP contribution in [0.2, 0.25) is 0 Å². The molecule has 8 rings (SSSR count). The predicted molar refractivity (Wildman–Crippen MR) is 206 cm³/mol. The summed E-state index contributed by atoms with van der Waals surface area (Å²) in [6.07, 6.45) is 14.2. The van der Waals surface area contributed by atoms with E-state index < -0.39 is 0 Å². The minimum atomic E-state index is -0.218. The average molecular weight is 705 g/mol. The van der Waals surface area contributed by atoms with Gasteiger partial charge in [-0.05, 0) is 143 Å². The molecule has 0 saturated carbocycles. The Morgan fingerprint density at radius 3 is 1.69 bits per heavy atom. The molecule has 2 saturated heterocycles. The zero-order chi connectivity index (χ0) is 36.4. The number of hydrogen-bond acceptors (Lipinski definition) is 9. The fourth-order valence-corrected chi connectivity index (χ4v) is 8.55. The van der Waals surface area contributed by atoms with E-state index in [9.17, 15) is 10.1 Å². The molecule has 2 aromatic carbocycles. The van der Waals surface area contributed by atoms with Crippen molar-refractivity contribution in [3.63, 3.8) is 0 Å². The van der Waals surface area contributed by atoms with E-state index in [0.29, 0.717) is 17.3 Å². The van der Waals surface area contributed by atoms with E-state index >= 15 is 0 Å². The molecule has 2 aliphatic heterocycles. The molecule has 10 heteroatoms. The SMILES string of the molecule is Cc1cc2c(c(N)c1-c1ccnc(OC3CCN(C)CC3)c1)CCC2.Cc1cc2c(c([N+](=O)[O-])c1-c1ccnc(OC3CCN(C)CC3)c1)CCC2. The number of benzene rings is 2. The number of nitrogen functional groups attached to an aromatic ring is 1. The Hall–Kier alpha value is -4.54. The molecule has 274 valence electrons. The molecule has 0 radical (unpaired) electrons. The van der Waals surface area contributed by atoms with Gasteiger partial charge in [-0.2, -0.15) is 0 Å². The Balaban J connectivity index is 0.000000162. The molecular formula is C42H52N6O4. The van der Waals surface area contributed by atoms with Crippen molar-refractivity contribution in [1.29, 1.82) is 0 Å². The van der Waals surface area contributed by atoms with Crippen LogP contribution >= 0.6 is 0 Å². The highest BCUT2D eigenvalue weighted by atomic mass is 16.6. The van der Waals surface area contributed by atoms with Gasteiger partial charge >= 0.3 is 0 Å². The van der Waals surface area contributed by atoms with Crippen molar-refractivity contribution in [2.75, 3.05) is 46.0 Å². The van der Waals surface area contributed by atoms with Gasteiger partial charge in [-0.3, -0.25) is 10.1 Å². The molecule has 0 spiro atoms. The molecule has 2 fully saturated rings. The lowest BCUT2D eigenvalue weighted by molar-refractivity contribution is -0.384. The number of piperidine rings is 2. The summed E-state index contributed by atoms with van der Waals surface area (Å²) in [7, 11) is 4.28. The van der Waals surface area contributed by atoms with Gasteiger partial charge in [0.25, 0.3) is 5.69 Å². The lowest BCUT2D eigenvalue weighted by Gasteiger charge is -2.29. The number of nitro groups is 1. The Kier molecular flexibility index (Phi) is 10.8. The van der Waals surface area contributed by atoms with E-state index in [1.54, 1.807) is 6.20 Å². The van der Waals surface area contributed by atoms with Gasteiger partial charge in [0.05, 0.1) is 10.5 Å². The maximum Gasteiger partial charge on any atom is 0.280 e. The molecule has 4 aromatic rings. The number of ether oxygens (including phenoxy) is 2. The van der Waals surface area contributed by atoms with E-state index in [-0.39, 0.29) is 22.8 Å². The van der Waals surface area contributed by atoms with Gasteiger partial charge < -0.3 is 25.0 Å². The van der Waals surface area contributed by atoms with E-state index in [0.717, 1.165) is 123 Å². The molecule has 10 nitrogen and oxygen atoms in total. The van der Waals surface area contributed by atoms with Crippen molar-refractivity contribution in [1.82, 2.24) is 19.8 Å². The Labute approximate surface area is 307 Å². The molecule has 4 heterocycles. The normalized spacial score (nSPS) is 18.0. The van der Waals surface area contributed by atoms with Gasteiger partial charge in [0.1, 0.15) is 12.2 Å². The molecular weight excluding hydrogens is 652 g/mol. The third-order valence-electron chi connectivity index (χ3n) is 11.3. The summed E-state index contributed by atoms with van der Waals surface area (Å²) < 4.78 is 12.3. The van der Waals surface area contributed by atoms with Crippen molar-refractivity contribution in [2.45, 2.75) is 90.3 Å². The van der Waals surface area contributed by atoms with Gasteiger partial charge in [-0.25, -0.2) is 9.97 Å². The van der Waals surface area contributed by atoms with Crippen molar-refractivity contribution >= 4 is 11.4 Å². The minimum Gasteiger partial charge on any atom is -0.474 e. The maximum absolute atomic E-state index is 11.9. The molecule has 52 heavy (non-hydrogen) atoms. The molecule has 0 bridgehead atoms. The third kappa shape index (κ3) is 7.78. The quantitative estimate of drug-likeness (QED) is 0.118. The largest absolute Gasteiger partial charge is 0.474 e. The Bertz CT molecular complexity index is 1930. The lowest BCUT2D eigenvalue weighted by Crippen LogP contribution is -2.35. The minimum absolute atomic E-state index is 0.153. The van der Waals surface area contributed by atoms with E-state index in [2.05, 4.69) is 59.0 Å². The standard InChI is InChI=1S/C21H25N3O3.C21H27N3O/c1-14-12-15-4-3-5-18(15)21(24(25)26)20(14)16-6-9-22-19(13-16)27-17-7-10-23(2)11-8-17;1-14-12-15-4-3-5-18(15)21(22)20(14)16-6-9-23-19(13-16)25-17-7-10-24(2)11-8-17/h6,9,12-13,17H,3-5,7-8,10-11H2,1-2H3;6,9,12-13,17H,3-5,7-8,10-11,22H2,1-2H3. The number of aromatic nitrogens is 2. The van der Waals surface area contributed by atoms with Gasteiger partial charge in [-0.1, -0.05) is 12.1 Å². The highest BCUT2D eigenvalue weighted by molar-refractivity contribution is 5.83. The number of rotatable bonds is 7. The number of anilines is 1. The highest BCUT2D eigenvalue weighted by Gasteiger charge is 2.29. The van der Waals surface area contributed by atoms with Crippen LogP contribution in [0.5, 0.6) is 11.8 Å². The third-order valence-corrected chi connectivity index (χ3v) is 11.3. The van der Waals surface area contributed by atoms with Crippen LogP contribution < -0.4 is 15.2 Å². The first-order chi connectivity index (χ1) is 25.1. The van der Waals surface area contributed by atoms with Crippen LogP contribution in [0.25, 0.3) is 22.3 Å². The molecule has 0 atom stereocenters. The number of aryl methyl sites for hydroxylation is 4. The first-order valence-electron chi connectivity index (χ1n) is 19.0. The van der Waals surface area contributed by atoms with E-state index in [1.807, 2.05) is 31.3 Å². The van der Waals surface area contributed by atoms with Gasteiger partial charge in [-0.15, -0.1) is 0 Å². The van der Waals surface area contributed by atoms with Crippen LogP contribution in [-0.2, 0) is 25.7 Å². The second-order valence-corrected chi connectivity index (χ2v) is 15.1. The first-order valence-corrected chi connectivity index (χ1v) is 19.0. The fourth-order valence-electron chi connectivity index (χ4n) is 8.55. The van der Waals surface area contributed by atoms with Crippen molar-refractivity contribution in [3.8, 4) is 34.0 Å². The second-order valence-electron chi connectivity index (χ2n) is 15.1. The summed E-state index contributed by atoms with van der Waals surface area (Å²) in [4.78, 5) is 25.1. The van der Waals surface area contributed by atoms with Crippen LogP contribution in [-0.4, -0.2) is 77.2 Å². The summed E-state index contributed by atoms with van der Waals surface area (Å²) in [5.74, 6) is 1.27. The number of nitrogens with two attached hydrogens (primary N) is 1. The van der Waals surface area contributed by atoms with Crippen LogP contribution in [0.15, 0.2) is 48.8 Å². The number of hydrogen-bond donors (Lipinski definition) is 1. The first kappa shape index (κ1) is 35.8. The zero-order valence-corrected chi connectivity index (χ0v) is 31.1. The predicted octanol–water partition coefficient (Wildman–Crippen LogP) is 7.53. The molecule has 0 amide bonds. The molecule has 0 unspecified atom stereocenters. The Morgan fingerprint density at radius 2 is 1.17 bits per heavy atom. The maximum atomic E-state index is 11.9. The molecule has 2 N–H and O–H groups in total. The summed E-state index contributed by atoms with van der Waals surface area (Å²) >= 11 is 0. The van der Waals surface area contributed by atoms with Crippen LogP contribution in [0.1, 0.15) is 71.9 Å². The van der Waals surface area contributed by atoms with E-state index in [4.69, 9.17) is 15.2 Å². The number of nitro benzene ring substituents is 1. The summed E-state index contributed by atoms with van der Waals surface area (Å²) in [6.45, 7) is 8.31. The summed E-state index contributed by atoms with van der Waals surface area (Å²) in [5, 5.41) is 11.9. The average Bonchev–Trinajstić information content (AvgIpc) is 3.80. The summed E-state index contributed by atoms with van der Waals surface area (Å²) in [6, 6.07) is 12.2. The molecule has 4 aliphatic rings. The number of pyridine rings is 2. The van der Waals surface area contributed by atoms with Gasteiger partial charge in [0, 0.05) is 67.5 Å². The number of likely N-dealkylation sites (tertiary alicyclic amines) is 2. The van der Waals surface area contributed by atoms with Crippen molar-refractivity contribution < 1.29 is 14.4 Å². The fraction of sp³-hybridized carbons (Fsp3) is 0.476. The van der Waals surface area contributed by atoms with Crippen LogP contribution in [0, 0.1) is 24.0 Å². The van der Waals surface area contributed by atoms with Gasteiger partial charge in [0.15, 0.2) is 0 Å². The van der Waals surface area contributed by atoms with Crippen LogP contribution in [0.3, 0.4) is 0 Å². The molecule has 2 aromatic heterocycles.